The van der Waals surface area contributed by atoms with Gasteiger partial charge in [0, 0.05) is 32.0 Å². The van der Waals surface area contributed by atoms with E-state index in [0.29, 0.717) is 37.3 Å². The number of ketones is 1. The number of carbonyl (C=O) groups excluding carboxylic acids is 2. The van der Waals surface area contributed by atoms with Crippen molar-refractivity contribution in [3.8, 4) is 0 Å². The summed E-state index contributed by atoms with van der Waals surface area (Å²) < 4.78 is 5.39. The number of piperazine rings is 1. The first-order valence-electron chi connectivity index (χ1n) is 8.69. The number of hydrogen-bond donors (Lipinski definition) is 1. The summed E-state index contributed by atoms with van der Waals surface area (Å²) in [6.07, 6.45) is 2.53. The van der Waals surface area contributed by atoms with Gasteiger partial charge in [0.25, 0.3) is 0 Å². The zero-order valence-electron chi connectivity index (χ0n) is 16.4. The Morgan fingerprint density at radius 3 is 2.32 bits per heavy atom. The van der Waals surface area contributed by atoms with E-state index in [-0.39, 0.29) is 23.5 Å². The van der Waals surface area contributed by atoms with Crippen LogP contribution in [0.25, 0.3) is 0 Å². The van der Waals surface area contributed by atoms with E-state index in [0.717, 1.165) is 11.8 Å². The zero-order chi connectivity index (χ0) is 20.2. The fraction of sp³-hybridized carbons (Fsp3) is 0.450. The molecule has 1 N–H and O–H groups in total. The number of allylic oxidation sites excluding steroid dienone is 1. The molecule has 1 amide bonds. The van der Waals surface area contributed by atoms with Crippen LogP contribution in [0.4, 0.5) is 10.5 Å². The molecule has 8 heteroatoms. The SMILES string of the molecule is Cc1ccc(N2CCN(C(=O)OC(C)(C)C)CC2)[c-]c1C(=O)C=[C-]C(=O)O.[Cr+2]. The average Bonchev–Trinajstić information content (AvgIpc) is 2.58. The second-order valence-corrected chi connectivity index (χ2v) is 7.31. The summed E-state index contributed by atoms with van der Waals surface area (Å²) in [5.74, 6) is -1.75. The molecule has 0 aliphatic carbocycles. The minimum absolute atomic E-state index is 0. The summed E-state index contributed by atoms with van der Waals surface area (Å²) in [6.45, 7) is 9.44. The van der Waals surface area contributed by atoms with Crippen LogP contribution in [0.2, 0.25) is 0 Å². The van der Waals surface area contributed by atoms with Gasteiger partial charge in [0.05, 0.1) is 0 Å². The van der Waals surface area contributed by atoms with E-state index >= 15 is 0 Å². The molecule has 0 radical (unpaired) electrons. The van der Waals surface area contributed by atoms with Crippen molar-refractivity contribution in [1.82, 2.24) is 4.90 Å². The second kappa shape index (κ2) is 9.76. The van der Waals surface area contributed by atoms with Crippen LogP contribution in [-0.4, -0.2) is 59.6 Å². The van der Waals surface area contributed by atoms with Crippen molar-refractivity contribution in [1.29, 1.82) is 0 Å². The van der Waals surface area contributed by atoms with E-state index < -0.39 is 17.4 Å². The maximum absolute atomic E-state index is 12.2. The molecule has 28 heavy (non-hydrogen) atoms. The molecule has 1 aromatic carbocycles. The second-order valence-electron chi connectivity index (χ2n) is 7.31. The third-order valence-corrected chi connectivity index (χ3v) is 3.98. The molecule has 0 bridgehead atoms. The Balaban J connectivity index is 0.00000392. The van der Waals surface area contributed by atoms with Gasteiger partial charge >= 0.3 is 23.5 Å². The Morgan fingerprint density at radius 2 is 1.79 bits per heavy atom. The number of benzene rings is 1. The van der Waals surface area contributed by atoms with Crippen molar-refractivity contribution in [3.63, 3.8) is 0 Å². The fourth-order valence-electron chi connectivity index (χ4n) is 2.65. The topological polar surface area (TPSA) is 87.2 Å². The predicted molar refractivity (Wildman–Crippen MR) is 99.8 cm³/mol. The molecule has 0 atom stereocenters. The molecule has 1 aliphatic heterocycles. The number of nitrogens with zero attached hydrogens (tertiary/aromatic N) is 2. The van der Waals surface area contributed by atoms with Gasteiger partial charge in [-0.05, 0) is 26.5 Å². The van der Waals surface area contributed by atoms with Gasteiger partial charge in [-0.3, -0.25) is 4.79 Å². The molecule has 0 aromatic heterocycles. The number of carboxylic acid groups (broad SMARTS) is 1. The van der Waals surface area contributed by atoms with Crippen molar-refractivity contribution >= 4 is 23.5 Å². The fourth-order valence-corrected chi connectivity index (χ4v) is 2.65. The Kier molecular flexibility index (Phi) is 8.28. The van der Waals surface area contributed by atoms with Crippen LogP contribution in [0.5, 0.6) is 0 Å². The molecule has 1 saturated heterocycles. The van der Waals surface area contributed by atoms with Crippen LogP contribution in [-0.2, 0) is 26.9 Å². The number of hydrogen-bond acceptors (Lipinski definition) is 5. The summed E-state index contributed by atoms with van der Waals surface area (Å²) >= 11 is 0. The maximum Gasteiger partial charge on any atom is 2.00 e. The molecule has 7 nitrogen and oxygen atoms in total. The van der Waals surface area contributed by atoms with E-state index in [1.807, 2.05) is 37.8 Å². The summed E-state index contributed by atoms with van der Waals surface area (Å²) in [6, 6.07) is 6.73. The van der Waals surface area contributed by atoms with Gasteiger partial charge < -0.3 is 24.4 Å². The quantitative estimate of drug-likeness (QED) is 0.454. The van der Waals surface area contributed by atoms with Crippen LogP contribution < -0.4 is 4.90 Å². The molecule has 1 aromatic rings. The molecule has 2 rings (SSSR count). The first kappa shape index (κ1) is 23.7. The maximum atomic E-state index is 12.2. The van der Waals surface area contributed by atoms with Crippen molar-refractivity contribution in [3.05, 3.63) is 41.5 Å². The van der Waals surface area contributed by atoms with Gasteiger partial charge in [0.15, 0.2) is 0 Å². The molecule has 0 saturated carbocycles. The Bertz CT molecular complexity index is 762. The van der Waals surface area contributed by atoms with Gasteiger partial charge in [0.1, 0.15) is 5.60 Å². The van der Waals surface area contributed by atoms with Gasteiger partial charge in [-0.15, -0.1) is 29.3 Å². The minimum Gasteiger partial charge on any atom is -0.492 e. The van der Waals surface area contributed by atoms with Crippen LogP contribution >= 0.6 is 0 Å². The van der Waals surface area contributed by atoms with Crippen LogP contribution in [0.3, 0.4) is 0 Å². The van der Waals surface area contributed by atoms with Crippen molar-refractivity contribution in [2.24, 2.45) is 0 Å². The molecule has 0 unspecified atom stereocenters. The number of aliphatic carboxylic acids is 1. The third kappa shape index (κ3) is 6.70. The minimum atomic E-state index is -1.30. The van der Waals surface area contributed by atoms with Crippen molar-refractivity contribution in [2.45, 2.75) is 33.3 Å². The molecule has 1 aliphatic rings. The Morgan fingerprint density at radius 1 is 1.18 bits per heavy atom. The average molecular weight is 424 g/mol. The van der Waals surface area contributed by atoms with E-state index in [1.54, 1.807) is 17.9 Å². The standard InChI is InChI=1S/C20H24N2O5.Cr/c1-14-5-6-15(13-16(14)17(23)7-8-18(24)25)21-9-11-22(12-10-21)19(26)27-20(2,3)4;/h5-7H,9-12H2,1-4H3,(H,24,25);/q-2;+2. The first-order chi connectivity index (χ1) is 12.6. The number of ether oxygens (including phenoxy) is 1. The molecular formula is C20H24CrN2O5. The van der Waals surface area contributed by atoms with Gasteiger partial charge in [-0.1, -0.05) is 6.92 Å². The monoisotopic (exact) mass is 424 g/mol. The van der Waals surface area contributed by atoms with Crippen molar-refractivity contribution in [2.75, 3.05) is 31.1 Å². The first-order valence-corrected chi connectivity index (χ1v) is 8.69. The molecule has 1 fully saturated rings. The summed E-state index contributed by atoms with van der Waals surface area (Å²) in [7, 11) is 0. The number of amides is 1. The zero-order valence-corrected chi connectivity index (χ0v) is 17.7. The van der Waals surface area contributed by atoms with Crippen molar-refractivity contribution < 1.29 is 41.6 Å². The van der Waals surface area contributed by atoms with Crippen LogP contribution in [0.15, 0.2) is 18.2 Å². The molecule has 150 valence electrons. The van der Waals surface area contributed by atoms with E-state index in [4.69, 9.17) is 9.84 Å². The normalized spacial score (nSPS) is 14.6. The number of carbonyl (C=O) groups is 3. The molecular weight excluding hydrogens is 400 g/mol. The van der Waals surface area contributed by atoms with E-state index in [2.05, 4.69) is 6.07 Å². The Labute approximate surface area is 176 Å². The van der Waals surface area contributed by atoms with Crippen LogP contribution in [0.1, 0.15) is 36.7 Å². The summed E-state index contributed by atoms with van der Waals surface area (Å²) in [5.41, 5.74) is 1.22. The number of anilines is 1. The summed E-state index contributed by atoms with van der Waals surface area (Å²) in [4.78, 5) is 38.6. The predicted octanol–water partition coefficient (Wildman–Crippen LogP) is 2.48. The number of carboxylic acids is 1. The number of aryl methyl sites for hydroxylation is 1. The van der Waals surface area contributed by atoms with Gasteiger partial charge in [-0.25, -0.2) is 4.79 Å². The van der Waals surface area contributed by atoms with Crippen LogP contribution in [0, 0.1) is 19.1 Å². The van der Waals surface area contributed by atoms with Gasteiger partial charge in [0.2, 0.25) is 5.97 Å². The third-order valence-electron chi connectivity index (χ3n) is 3.98. The molecule has 1 heterocycles. The van der Waals surface area contributed by atoms with Gasteiger partial charge in [-0.2, -0.15) is 12.2 Å². The summed E-state index contributed by atoms with van der Waals surface area (Å²) in [5, 5.41) is 8.62. The largest absolute Gasteiger partial charge is 2.00 e. The molecule has 0 spiro atoms. The van der Waals surface area contributed by atoms with E-state index in [9.17, 15) is 14.4 Å². The smallest absolute Gasteiger partial charge is 0.492 e. The van der Waals surface area contributed by atoms with E-state index in [1.165, 1.54) is 0 Å². The number of rotatable bonds is 4. The Hall–Kier alpha value is -2.30.